The molecule has 5 heteroatoms. The summed E-state index contributed by atoms with van der Waals surface area (Å²) in [6, 6.07) is 0.100. The van der Waals surface area contributed by atoms with Crippen molar-refractivity contribution in [2.45, 2.75) is 39.3 Å². The molecule has 0 spiro atoms. The Kier molecular flexibility index (Phi) is 6.55. The molecule has 4 nitrogen and oxygen atoms in total. The van der Waals surface area contributed by atoms with Crippen molar-refractivity contribution in [1.29, 1.82) is 0 Å². The number of hydrogen-bond acceptors (Lipinski definition) is 3. The van der Waals surface area contributed by atoms with E-state index >= 15 is 0 Å². The first-order valence-corrected chi connectivity index (χ1v) is 6.58. The molecule has 0 bridgehead atoms. The Morgan fingerprint density at radius 2 is 2.24 bits per heavy atom. The molecule has 0 amide bonds. The fraction of sp³-hybridized carbons (Fsp3) is 0.750. The minimum Gasteiger partial charge on any atom is -0.379 e. The average molecular weight is 260 g/mol. The van der Waals surface area contributed by atoms with Crippen LogP contribution in [0.4, 0.5) is 0 Å². The molecule has 1 N–H and O–H groups in total. The number of hydrogen-bond donors (Lipinski definition) is 1. The van der Waals surface area contributed by atoms with Crippen molar-refractivity contribution in [2.75, 3.05) is 20.3 Å². The van der Waals surface area contributed by atoms with Gasteiger partial charge in [-0.2, -0.15) is 5.10 Å². The van der Waals surface area contributed by atoms with Gasteiger partial charge in [-0.1, -0.05) is 25.4 Å². The van der Waals surface area contributed by atoms with E-state index in [2.05, 4.69) is 24.3 Å². The lowest BCUT2D eigenvalue weighted by Crippen LogP contribution is -2.25. The van der Waals surface area contributed by atoms with Crippen LogP contribution >= 0.6 is 11.6 Å². The molecule has 0 aliphatic carbocycles. The fourth-order valence-electron chi connectivity index (χ4n) is 1.75. The summed E-state index contributed by atoms with van der Waals surface area (Å²) in [5.41, 5.74) is 1.02. The van der Waals surface area contributed by atoms with Gasteiger partial charge in [0.1, 0.15) is 0 Å². The van der Waals surface area contributed by atoms with Crippen LogP contribution in [0.15, 0.2) is 6.20 Å². The first kappa shape index (κ1) is 14.5. The number of likely N-dealkylation sites (N-methyl/N-ethyl adjacent to an activating group) is 1. The summed E-state index contributed by atoms with van der Waals surface area (Å²) in [4.78, 5) is 0. The van der Waals surface area contributed by atoms with Crippen LogP contribution in [0.5, 0.6) is 0 Å². The molecule has 1 atom stereocenters. The highest BCUT2D eigenvalue weighted by Gasteiger charge is 2.18. The van der Waals surface area contributed by atoms with E-state index in [1.807, 2.05) is 11.7 Å². The molecule has 0 aliphatic rings. The van der Waals surface area contributed by atoms with Gasteiger partial charge in [0.25, 0.3) is 0 Å². The predicted octanol–water partition coefficient (Wildman–Crippen LogP) is 2.63. The van der Waals surface area contributed by atoms with Gasteiger partial charge in [-0.15, -0.1) is 0 Å². The highest BCUT2D eigenvalue weighted by molar-refractivity contribution is 6.31. The lowest BCUT2D eigenvalue weighted by atomic mass is 10.2. The van der Waals surface area contributed by atoms with Crippen molar-refractivity contribution in [2.24, 2.45) is 0 Å². The molecule has 98 valence electrons. The minimum absolute atomic E-state index is 0.100. The minimum atomic E-state index is 0.100. The Balaban J connectivity index is 2.75. The van der Waals surface area contributed by atoms with E-state index in [0.717, 1.165) is 31.7 Å². The molecular formula is C12H22ClN3O. The molecule has 1 heterocycles. The van der Waals surface area contributed by atoms with E-state index in [1.54, 1.807) is 6.20 Å². The van der Waals surface area contributed by atoms with Crippen molar-refractivity contribution < 1.29 is 4.74 Å². The lowest BCUT2D eigenvalue weighted by Gasteiger charge is -2.18. The first-order valence-electron chi connectivity index (χ1n) is 6.20. The number of rotatable bonds is 8. The van der Waals surface area contributed by atoms with Gasteiger partial charge < -0.3 is 10.1 Å². The lowest BCUT2D eigenvalue weighted by molar-refractivity contribution is 0.111. The molecule has 1 rings (SSSR count). The van der Waals surface area contributed by atoms with Gasteiger partial charge >= 0.3 is 0 Å². The van der Waals surface area contributed by atoms with Crippen LogP contribution in [-0.4, -0.2) is 30.0 Å². The predicted molar refractivity (Wildman–Crippen MR) is 70.4 cm³/mol. The molecule has 17 heavy (non-hydrogen) atoms. The summed E-state index contributed by atoms with van der Waals surface area (Å²) in [5, 5.41) is 8.23. The number of nitrogens with one attached hydrogen (secondary N) is 1. The van der Waals surface area contributed by atoms with Crippen molar-refractivity contribution in [3.63, 3.8) is 0 Å². The van der Waals surface area contributed by atoms with Crippen molar-refractivity contribution in [1.82, 2.24) is 15.1 Å². The quantitative estimate of drug-likeness (QED) is 0.730. The second-order valence-corrected chi connectivity index (χ2v) is 4.42. The molecule has 0 radical (unpaired) electrons. The second-order valence-electron chi connectivity index (χ2n) is 4.02. The molecule has 1 unspecified atom stereocenters. The van der Waals surface area contributed by atoms with Crippen LogP contribution in [0.25, 0.3) is 0 Å². The van der Waals surface area contributed by atoms with Gasteiger partial charge in [-0.05, 0) is 19.9 Å². The van der Waals surface area contributed by atoms with E-state index in [4.69, 9.17) is 16.3 Å². The summed E-state index contributed by atoms with van der Waals surface area (Å²) < 4.78 is 7.54. The number of nitrogens with zero attached hydrogens (tertiary/aromatic N) is 2. The van der Waals surface area contributed by atoms with Crippen LogP contribution in [0.1, 0.15) is 38.4 Å². The van der Waals surface area contributed by atoms with E-state index in [1.165, 1.54) is 0 Å². The van der Waals surface area contributed by atoms with E-state index in [-0.39, 0.29) is 6.04 Å². The highest BCUT2D eigenvalue weighted by Crippen LogP contribution is 2.23. The van der Waals surface area contributed by atoms with Crippen molar-refractivity contribution >= 4 is 11.6 Å². The van der Waals surface area contributed by atoms with Gasteiger partial charge in [0.2, 0.25) is 0 Å². The first-order chi connectivity index (χ1) is 8.24. The number of aryl methyl sites for hydroxylation is 1. The van der Waals surface area contributed by atoms with Crippen LogP contribution < -0.4 is 5.32 Å². The van der Waals surface area contributed by atoms with Gasteiger partial charge in [0.15, 0.2) is 0 Å². The Labute approximate surface area is 108 Å². The summed E-state index contributed by atoms with van der Waals surface area (Å²) >= 11 is 6.19. The largest absolute Gasteiger partial charge is 0.379 e. The monoisotopic (exact) mass is 259 g/mol. The highest BCUT2D eigenvalue weighted by atomic mass is 35.5. The van der Waals surface area contributed by atoms with E-state index in [9.17, 15) is 0 Å². The molecule has 0 aliphatic heterocycles. The Morgan fingerprint density at radius 1 is 1.47 bits per heavy atom. The molecule has 0 saturated heterocycles. The number of aromatic nitrogens is 2. The third-order valence-corrected chi connectivity index (χ3v) is 2.87. The van der Waals surface area contributed by atoms with Gasteiger partial charge in [0.05, 0.1) is 29.6 Å². The Bertz CT molecular complexity index is 328. The van der Waals surface area contributed by atoms with Gasteiger partial charge in [-0.3, -0.25) is 4.68 Å². The van der Waals surface area contributed by atoms with E-state index < -0.39 is 0 Å². The van der Waals surface area contributed by atoms with Crippen LogP contribution in [0.2, 0.25) is 5.02 Å². The summed E-state index contributed by atoms with van der Waals surface area (Å²) in [6.45, 7) is 6.51. The van der Waals surface area contributed by atoms with Crippen molar-refractivity contribution in [3.05, 3.63) is 16.9 Å². The maximum absolute atomic E-state index is 6.19. The summed E-state index contributed by atoms with van der Waals surface area (Å²) in [6.07, 6.45) is 3.77. The summed E-state index contributed by atoms with van der Waals surface area (Å²) in [5.74, 6) is 0. The molecule has 0 fully saturated rings. The van der Waals surface area contributed by atoms with E-state index in [0.29, 0.717) is 11.6 Å². The van der Waals surface area contributed by atoms with Gasteiger partial charge in [-0.25, -0.2) is 0 Å². The average Bonchev–Trinajstić information content (AvgIpc) is 2.68. The molecule has 0 aromatic carbocycles. The molecular weight excluding hydrogens is 238 g/mol. The van der Waals surface area contributed by atoms with Gasteiger partial charge in [0, 0.05) is 13.2 Å². The standard InChI is InChI=1S/C12H22ClN3O/c1-4-6-16-12(10(13)8-15-16)11(14-3)9-17-7-5-2/h8,11,14H,4-7,9H2,1-3H3. The fourth-order valence-corrected chi connectivity index (χ4v) is 2.03. The molecule has 1 aromatic rings. The maximum atomic E-state index is 6.19. The number of ether oxygens (including phenoxy) is 1. The van der Waals surface area contributed by atoms with Crippen LogP contribution in [-0.2, 0) is 11.3 Å². The zero-order valence-corrected chi connectivity index (χ0v) is 11.6. The molecule has 1 aromatic heterocycles. The second kappa shape index (κ2) is 7.69. The third-order valence-electron chi connectivity index (χ3n) is 2.58. The van der Waals surface area contributed by atoms with Crippen LogP contribution in [0, 0.1) is 0 Å². The molecule has 0 saturated carbocycles. The number of halogens is 1. The van der Waals surface area contributed by atoms with Crippen molar-refractivity contribution in [3.8, 4) is 0 Å². The van der Waals surface area contributed by atoms with Crippen LogP contribution in [0.3, 0.4) is 0 Å². The zero-order valence-electron chi connectivity index (χ0n) is 10.9. The summed E-state index contributed by atoms with van der Waals surface area (Å²) in [7, 11) is 1.92. The zero-order chi connectivity index (χ0) is 12.7. The topological polar surface area (TPSA) is 39.1 Å². The Morgan fingerprint density at radius 3 is 2.82 bits per heavy atom. The Hall–Kier alpha value is -0.580. The SMILES string of the molecule is CCCOCC(NC)c1c(Cl)cnn1CCC. The third kappa shape index (κ3) is 3.98. The smallest absolute Gasteiger partial charge is 0.0835 e. The maximum Gasteiger partial charge on any atom is 0.0835 e. The normalized spacial score (nSPS) is 12.9.